The summed E-state index contributed by atoms with van der Waals surface area (Å²) in [6, 6.07) is 0. The summed E-state index contributed by atoms with van der Waals surface area (Å²) in [5.74, 6) is 0. The zero-order chi connectivity index (χ0) is 6.48. The highest BCUT2D eigenvalue weighted by atomic mass is 28.4. The van der Waals surface area contributed by atoms with Crippen LogP contribution in [0.15, 0.2) is 0 Å². The molecule has 2 saturated heterocycles. The standard InChI is InChI=1S/C2O6Si/c3-1-5-9(6-1)7-2(4)8-9. The molecule has 7 heteroatoms. The molecule has 2 heterocycles. The molecule has 0 aliphatic carbocycles. The lowest BCUT2D eigenvalue weighted by atomic mass is 11.4. The van der Waals surface area contributed by atoms with E-state index in [1.165, 1.54) is 0 Å². The van der Waals surface area contributed by atoms with Crippen molar-refractivity contribution in [1.29, 1.82) is 0 Å². The van der Waals surface area contributed by atoms with Gasteiger partial charge in [-0.1, -0.05) is 0 Å². The largest absolute Gasteiger partial charge is 0.984 e. The molecule has 2 aliphatic heterocycles. The number of hydrogen-bond donors (Lipinski definition) is 0. The van der Waals surface area contributed by atoms with Crippen LogP contribution in [0.1, 0.15) is 0 Å². The molecule has 48 valence electrons. The Hall–Kier alpha value is -1.24. The average Bonchev–Trinajstić information content (AvgIpc) is 1.58. The van der Waals surface area contributed by atoms with Crippen LogP contribution in [0.4, 0.5) is 9.59 Å². The van der Waals surface area contributed by atoms with Crippen LogP contribution in [-0.2, 0) is 17.7 Å². The van der Waals surface area contributed by atoms with Crippen LogP contribution >= 0.6 is 0 Å². The molecule has 0 bridgehead atoms. The highest BCUT2D eigenvalue weighted by molar-refractivity contribution is 6.68. The highest BCUT2D eigenvalue weighted by Gasteiger charge is 2.78. The molecule has 6 nitrogen and oxygen atoms in total. The van der Waals surface area contributed by atoms with E-state index < -0.39 is 21.4 Å². The molecule has 2 fully saturated rings. The molecular weight excluding hydrogens is 148 g/mol. The lowest BCUT2D eigenvalue weighted by Gasteiger charge is -2.35. The minimum absolute atomic E-state index is 0.853. The van der Waals surface area contributed by atoms with Gasteiger partial charge in [0, 0.05) is 0 Å². The van der Waals surface area contributed by atoms with Gasteiger partial charge in [0.1, 0.15) is 0 Å². The Balaban J connectivity index is 2.01. The summed E-state index contributed by atoms with van der Waals surface area (Å²) >= 11 is 0. The monoisotopic (exact) mass is 148 g/mol. The quantitative estimate of drug-likeness (QED) is 0.441. The lowest BCUT2D eigenvalue weighted by molar-refractivity contribution is -0.0887. The van der Waals surface area contributed by atoms with Gasteiger partial charge in [-0.05, 0) is 0 Å². The van der Waals surface area contributed by atoms with E-state index in [4.69, 9.17) is 0 Å². The lowest BCUT2D eigenvalue weighted by Crippen LogP contribution is -2.69. The van der Waals surface area contributed by atoms with E-state index in [2.05, 4.69) is 17.7 Å². The predicted molar refractivity (Wildman–Crippen MR) is 20.9 cm³/mol. The number of carbonyl (C=O) groups excluding carboxylic acids is 2. The van der Waals surface area contributed by atoms with Crippen LogP contribution in [0, 0.1) is 0 Å². The second-order valence-corrected chi connectivity index (χ2v) is 3.22. The molecule has 0 radical (unpaired) electrons. The normalized spacial score (nSPS) is 26.2. The Morgan fingerprint density at radius 1 is 0.889 bits per heavy atom. The van der Waals surface area contributed by atoms with Crippen LogP contribution in [0.3, 0.4) is 0 Å². The summed E-state index contributed by atoms with van der Waals surface area (Å²) in [7, 11) is -3.12. The van der Waals surface area contributed by atoms with Crippen LogP contribution in [-0.4, -0.2) is 21.4 Å². The van der Waals surface area contributed by atoms with Crippen molar-refractivity contribution >= 4 is 21.4 Å². The van der Waals surface area contributed by atoms with Crippen molar-refractivity contribution in [1.82, 2.24) is 0 Å². The summed E-state index contributed by atoms with van der Waals surface area (Å²) < 4.78 is 17.0. The van der Waals surface area contributed by atoms with Crippen molar-refractivity contribution in [2.75, 3.05) is 0 Å². The smallest absolute Gasteiger partial charge is 0.390 e. The van der Waals surface area contributed by atoms with Gasteiger partial charge in [0.2, 0.25) is 0 Å². The minimum Gasteiger partial charge on any atom is -0.390 e. The summed E-state index contributed by atoms with van der Waals surface area (Å²) in [6.07, 6.45) is -1.71. The maximum absolute atomic E-state index is 9.93. The molecule has 0 aromatic carbocycles. The van der Waals surface area contributed by atoms with Gasteiger partial charge < -0.3 is 17.7 Å². The highest BCUT2D eigenvalue weighted by Crippen LogP contribution is 2.30. The fourth-order valence-electron chi connectivity index (χ4n) is 0.507. The van der Waals surface area contributed by atoms with Gasteiger partial charge in [0.15, 0.2) is 0 Å². The van der Waals surface area contributed by atoms with Crippen molar-refractivity contribution in [2.45, 2.75) is 0 Å². The first-order chi connectivity index (χ1) is 4.20. The summed E-state index contributed by atoms with van der Waals surface area (Å²) in [4.78, 5) is 19.9. The first-order valence-electron chi connectivity index (χ1n) is 2.04. The maximum atomic E-state index is 9.93. The second-order valence-electron chi connectivity index (χ2n) is 1.41. The molecule has 2 aliphatic rings. The van der Waals surface area contributed by atoms with Gasteiger partial charge >= 0.3 is 21.4 Å². The average molecular weight is 148 g/mol. The first-order valence-corrected chi connectivity index (χ1v) is 3.67. The maximum Gasteiger partial charge on any atom is 0.984 e. The van der Waals surface area contributed by atoms with Crippen LogP contribution in [0.2, 0.25) is 0 Å². The fraction of sp³-hybridized carbons (Fsp3) is 0. The van der Waals surface area contributed by atoms with Crippen molar-refractivity contribution in [3.05, 3.63) is 0 Å². The molecule has 0 saturated carbocycles. The summed E-state index contributed by atoms with van der Waals surface area (Å²) in [5, 5.41) is 0. The van der Waals surface area contributed by atoms with E-state index >= 15 is 0 Å². The predicted octanol–water partition coefficient (Wildman–Crippen LogP) is -0.244. The number of rotatable bonds is 0. The van der Waals surface area contributed by atoms with Crippen molar-refractivity contribution < 1.29 is 27.3 Å². The van der Waals surface area contributed by atoms with E-state index in [9.17, 15) is 9.59 Å². The third-order valence-electron chi connectivity index (χ3n) is 0.833. The SMILES string of the molecule is O=C1O[Si]2(O1)OC(=O)O2. The van der Waals surface area contributed by atoms with Crippen molar-refractivity contribution in [3.63, 3.8) is 0 Å². The van der Waals surface area contributed by atoms with E-state index in [1.54, 1.807) is 0 Å². The summed E-state index contributed by atoms with van der Waals surface area (Å²) in [5.41, 5.74) is 0. The second kappa shape index (κ2) is 1.03. The third-order valence-corrected chi connectivity index (χ3v) is 2.50. The van der Waals surface area contributed by atoms with Gasteiger partial charge in [-0.25, -0.2) is 9.59 Å². The van der Waals surface area contributed by atoms with Gasteiger partial charge in [-0.2, -0.15) is 0 Å². The van der Waals surface area contributed by atoms with E-state index in [1.807, 2.05) is 0 Å². The molecule has 0 unspecified atom stereocenters. The first kappa shape index (κ1) is 4.62. The van der Waals surface area contributed by atoms with Crippen molar-refractivity contribution in [2.24, 2.45) is 0 Å². The van der Waals surface area contributed by atoms with Gasteiger partial charge in [-0.15, -0.1) is 0 Å². The Bertz CT molecular complexity index is 156. The van der Waals surface area contributed by atoms with Crippen LogP contribution in [0.5, 0.6) is 0 Å². The van der Waals surface area contributed by atoms with Gasteiger partial charge in [0.25, 0.3) is 0 Å². The molecule has 0 atom stereocenters. The van der Waals surface area contributed by atoms with E-state index in [0.717, 1.165) is 0 Å². The Morgan fingerprint density at radius 2 is 1.22 bits per heavy atom. The van der Waals surface area contributed by atoms with Crippen molar-refractivity contribution in [3.8, 4) is 0 Å². The Morgan fingerprint density at radius 3 is 1.44 bits per heavy atom. The molecule has 2 rings (SSSR count). The molecule has 0 aromatic rings. The van der Waals surface area contributed by atoms with E-state index in [-0.39, 0.29) is 0 Å². The Kier molecular flexibility index (Phi) is 0.528. The molecule has 0 N–H and O–H groups in total. The van der Waals surface area contributed by atoms with Gasteiger partial charge in [-0.3, -0.25) is 0 Å². The third kappa shape index (κ3) is 0.435. The molecule has 0 aromatic heterocycles. The zero-order valence-electron chi connectivity index (χ0n) is 3.95. The topological polar surface area (TPSA) is 71.1 Å². The molecule has 1 spiro atoms. The van der Waals surface area contributed by atoms with Crippen LogP contribution in [0.25, 0.3) is 0 Å². The zero-order valence-corrected chi connectivity index (χ0v) is 4.95. The molecule has 0 amide bonds. The van der Waals surface area contributed by atoms with Gasteiger partial charge in [0.05, 0.1) is 0 Å². The number of carbonyl (C=O) groups is 2. The molecule has 9 heavy (non-hydrogen) atoms. The Labute approximate surface area is 49.7 Å². The minimum atomic E-state index is -3.12. The molecular formula is C2O6Si. The number of hydrogen-bond acceptors (Lipinski definition) is 6. The van der Waals surface area contributed by atoms with E-state index in [0.29, 0.717) is 0 Å². The van der Waals surface area contributed by atoms with Crippen LogP contribution < -0.4 is 0 Å². The summed E-state index contributed by atoms with van der Waals surface area (Å²) in [6.45, 7) is 0. The fourth-order valence-corrected chi connectivity index (χ4v) is 1.52.